The monoisotopic (exact) mass is 357 g/mol. The lowest BCUT2D eigenvalue weighted by Crippen LogP contribution is -2.28. The number of hydrogen-bond donors (Lipinski definition) is 3. The number of fused-ring (bicyclic) bond motifs is 1. The van der Waals surface area contributed by atoms with E-state index in [0.29, 0.717) is 24.5 Å². The van der Waals surface area contributed by atoms with E-state index >= 15 is 0 Å². The Hall–Kier alpha value is -2.81. The van der Waals surface area contributed by atoms with Crippen molar-refractivity contribution in [1.82, 2.24) is 24.0 Å². The van der Waals surface area contributed by atoms with E-state index < -0.39 is 0 Å². The maximum atomic E-state index is 12.2. The summed E-state index contributed by atoms with van der Waals surface area (Å²) in [6.07, 6.45) is 0. The Morgan fingerprint density at radius 2 is 1.80 bits per heavy atom. The topological polar surface area (TPSA) is 105 Å². The minimum absolute atomic E-state index is 0.135. The van der Waals surface area contributed by atoms with Crippen LogP contribution in [0.4, 0.5) is 11.6 Å². The Morgan fingerprint density at radius 1 is 1.04 bits per heavy atom. The summed E-state index contributed by atoms with van der Waals surface area (Å²) in [6, 6.07) is 7.15. The fourth-order valence-electron chi connectivity index (χ4n) is 2.32. The number of benzene rings is 1. The molecule has 25 heavy (non-hydrogen) atoms. The number of amides is 1. The molecule has 0 spiro atoms. The molecule has 1 aromatic carbocycles. The number of carbonyl (C=O) groups excluding carboxylic acids is 1. The molecule has 0 aliphatic carbocycles. The van der Waals surface area contributed by atoms with Crippen LogP contribution in [0.2, 0.25) is 0 Å². The molecule has 3 rings (SSSR count). The Kier molecular flexibility index (Phi) is 5.34. The van der Waals surface area contributed by atoms with Gasteiger partial charge in [-0.3, -0.25) is 4.79 Å². The van der Waals surface area contributed by atoms with Gasteiger partial charge in [-0.1, -0.05) is 0 Å². The molecule has 1 amide bonds. The smallest absolute Gasteiger partial charge is 0.251 e. The largest absolute Gasteiger partial charge is 0.370 e. The lowest BCUT2D eigenvalue weighted by molar-refractivity contribution is 0.0955. The summed E-state index contributed by atoms with van der Waals surface area (Å²) in [5.74, 6) is 2.07. The van der Waals surface area contributed by atoms with Crippen molar-refractivity contribution in [3.63, 3.8) is 0 Å². The minimum Gasteiger partial charge on any atom is -0.370 e. The summed E-state index contributed by atoms with van der Waals surface area (Å²) >= 11 is 1.14. The van der Waals surface area contributed by atoms with Crippen molar-refractivity contribution in [2.45, 2.75) is 13.8 Å². The van der Waals surface area contributed by atoms with Gasteiger partial charge in [0.25, 0.3) is 5.91 Å². The quantitative estimate of drug-likeness (QED) is 0.556. The normalized spacial score (nSPS) is 10.6. The molecule has 2 aromatic heterocycles. The van der Waals surface area contributed by atoms with Crippen LogP contribution >= 0.6 is 11.7 Å². The van der Waals surface area contributed by atoms with Gasteiger partial charge in [0.15, 0.2) is 0 Å². The number of rotatable bonds is 7. The van der Waals surface area contributed by atoms with Crippen LogP contribution in [0, 0.1) is 6.92 Å². The second-order valence-electron chi connectivity index (χ2n) is 5.37. The number of aryl methyl sites for hydroxylation is 1. The third kappa shape index (κ3) is 4.38. The van der Waals surface area contributed by atoms with Crippen LogP contribution in [0.5, 0.6) is 0 Å². The van der Waals surface area contributed by atoms with Crippen LogP contribution in [-0.4, -0.2) is 44.3 Å². The first kappa shape index (κ1) is 17.0. The van der Waals surface area contributed by atoms with Crippen LogP contribution in [0.1, 0.15) is 23.1 Å². The number of nitrogens with one attached hydrogen (secondary N) is 3. The van der Waals surface area contributed by atoms with Crippen molar-refractivity contribution in [3.05, 3.63) is 35.7 Å². The average molecular weight is 357 g/mol. The molecule has 0 radical (unpaired) electrons. The van der Waals surface area contributed by atoms with Crippen molar-refractivity contribution < 1.29 is 4.79 Å². The molecule has 130 valence electrons. The van der Waals surface area contributed by atoms with Crippen LogP contribution < -0.4 is 16.0 Å². The number of nitrogens with zero attached hydrogens (tertiary/aromatic N) is 4. The van der Waals surface area contributed by atoms with Gasteiger partial charge in [0.05, 0.1) is 11.7 Å². The zero-order valence-electron chi connectivity index (χ0n) is 14.0. The van der Waals surface area contributed by atoms with E-state index in [9.17, 15) is 4.79 Å². The molecular formula is C16H19N7OS. The lowest BCUT2D eigenvalue weighted by atomic mass is 10.2. The molecule has 8 nitrogen and oxygen atoms in total. The number of anilines is 2. The summed E-state index contributed by atoms with van der Waals surface area (Å²) in [4.78, 5) is 20.8. The first-order valence-electron chi connectivity index (χ1n) is 7.99. The first-order valence-corrected chi connectivity index (χ1v) is 8.72. The fourth-order valence-corrected chi connectivity index (χ4v) is 2.84. The van der Waals surface area contributed by atoms with Crippen LogP contribution in [0.15, 0.2) is 24.3 Å². The standard InChI is InChI=1S/C16H19N7OS/c1-3-17-14-9-15(21-10(2)20-14)18-6-7-19-16(24)11-4-5-12-13(8-11)23-25-22-12/h4-5,8-9H,3,6-7H2,1-2H3,(H,19,24)(H2,17,18,20,21). The summed E-state index contributed by atoms with van der Waals surface area (Å²) in [5.41, 5.74) is 2.12. The highest BCUT2D eigenvalue weighted by atomic mass is 32.1. The molecule has 9 heteroatoms. The summed E-state index contributed by atoms with van der Waals surface area (Å²) in [5, 5.41) is 9.23. The second-order valence-corrected chi connectivity index (χ2v) is 5.89. The SMILES string of the molecule is CCNc1cc(NCCNC(=O)c2ccc3nsnc3c2)nc(C)n1. The van der Waals surface area contributed by atoms with E-state index in [2.05, 4.69) is 34.7 Å². The van der Waals surface area contributed by atoms with E-state index in [-0.39, 0.29) is 5.91 Å². The molecule has 0 saturated carbocycles. The van der Waals surface area contributed by atoms with Gasteiger partial charge in [-0.2, -0.15) is 8.75 Å². The highest BCUT2D eigenvalue weighted by Crippen LogP contribution is 2.13. The Morgan fingerprint density at radius 3 is 2.60 bits per heavy atom. The molecule has 0 saturated heterocycles. The summed E-state index contributed by atoms with van der Waals surface area (Å²) in [7, 11) is 0. The van der Waals surface area contributed by atoms with Crippen molar-refractivity contribution >= 4 is 40.3 Å². The summed E-state index contributed by atoms with van der Waals surface area (Å²) < 4.78 is 8.27. The van der Waals surface area contributed by atoms with E-state index in [4.69, 9.17) is 0 Å². The van der Waals surface area contributed by atoms with Gasteiger partial charge in [0, 0.05) is 31.3 Å². The maximum Gasteiger partial charge on any atom is 0.251 e. The summed E-state index contributed by atoms with van der Waals surface area (Å²) in [6.45, 7) is 5.70. The predicted octanol–water partition coefficient (Wildman–Crippen LogP) is 2.06. The van der Waals surface area contributed by atoms with Gasteiger partial charge in [-0.15, -0.1) is 0 Å². The highest BCUT2D eigenvalue weighted by molar-refractivity contribution is 7.00. The number of aromatic nitrogens is 4. The molecule has 0 aliphatic heterocycles. The molecule has 0 aliphatic rings. The maximum absolute atomic E-state index is 12.2. The Balaban J connectivity index is 1.51. The molecular weight excluding hydrogens is 338 g/mol. The molecule has 3 aromatic rings. The second kappa shape index (κ2) is 7.84. The molecule has 2 heterocycles. The van der Waals surface area contributed by atoms with Crippen LogP contribution in [0.3, 0.4) is 0 Å². The minimum atomic E-state index is -0.135. The van der Waals surface area contributed by atoms with Crippen LogP contribution in [0.25, 0.3) is 11.0 Å². The van der Waals surface area contributed by atoms with E-state index in [0.717, 1.165) is 40.9 Å². The van der Waals surface area contributed by atoms with Crippen molar-refractivity contribution in [2.24, 2.45) is 0 Å². The third-order valence-electron chi connectivity index (χ3n) is 3.43. The number of carbonyl (C=O) groups is 1. The van der Waals surface area contributed by atoms with Gasteiger partial charge in [-0.05, 0) is 32.0 Å². The molecule has 0 atom stereocenters. The van der Waals surface area contributed by atoms with E-state index in [1.54, 1.807) is 18.2 Å². The van der Waals surface area contributed by atoms with E-state index in [1.165, 1.54) is 0 Å². The number of hydrogen-bond acceptors (Lipinski definition) is 8. The Bertz CT molecular complexity index is 880. The van der Waals surface area contributed by atoms with Gasteiger partial charge in [0.2, 0.25) is 0 Å². The van der Waals surface area contributed by atoms with Gasteiger partial charge in [-0.25, -0.2) is 9.97 Å². The molecule has 3 N–H and O–H groups in total. The third-order valence-corrected chi connectivity index (χ3v) is 3.99. The zero-order chi connectivity index (χ0) is 17.6. The first-order chi connectivity index (χ1) is 12.2. The highest BCUT2D eigenvalue weighted by Gasteiger charge is 2.08. The predicted molar refractivity (Wildman–Crippen MR) is 99.2 cm³/mol. The molecule has 0 fully saturated rings. The Labute approximate surface area is 149 Å². The lowest BCUT2D eigenvalue weighted by Gasteiger charge is -2.10. The van der Waals surface area contributed by atoms with Gasteiger partial charge >= 0.3 is 0 Å². The van der Waals surface area contributed by atoms with Gasteiger partial charge in [0.1, 0.15) is 28.5 Å². The molecule has 0 unspecified atom stereocenters. The average Bonchev–Trinajstić information content (AvgIpc) is 3.06. The molecule has 0 bridgehead atoms. The van der Waals surface area contributed by atoms with Crippen molar-refractivity contribution in [3.8, 4) is 0 Å². The van der Waals surface area contributed by atoms with Crippen LogP contribution in [-0.2, 0) is 0 Å². The van der Waals surface area contributed by atoms with Crippen molar-refractivity contribution in [1.29, 1.82) is 0 Å². The zero-order valence-corrected chi connectivity index (χ0v) is 14.9. The van der Waals surface area contributed by atoms with E-state index in [1.807, 2.05) is 19.9 Å². The fraction of sp³-hybridized carbons (Fsp3) is 0.312. The van der Waals surface area contributed by atoms with Gasteiger partial charge < -0.3 is 16.0 Å². The van der Waals surface area contributed by atoms with Crippen molar-refractivity contribution in [2.75, 3.05) is 30.3 Å².